The van der Waals surface area contributed by atoms with Crippen LogP contribution in [0.2, 0.25) is 5.02 Å². The van der Waals surface area contributed by atoms with Crippen LogP contribution in [0.5, 0.6) is 11.5 Å². The third-order valence-electron chi connectivity index (χ3n) is 6.47. The predicted molar refractivity (Wildman–Crippen MR) is 160 cm³/mol. The number of benzene rings is 3. The Bertz CT molecular complexity index is 1410. The zero-order chi connectivity index (χ0) is 30.0. The molecule has 2 amide bonds. The summed E-state index contributed by atoms with van der Waals surface area (Å²) in [5, 5.41) is 3.18. The molecule has 1 unspecified atom stereocenters. The van der Waals surface area contributed by atoms with Crippen molar-refractivity contribution in [2.75, 3.05) is 31.6 Å². The van der Waals surface area contributed by atoms with Gasteiger partial charge in [0.2, 0.25) is 11.8 Å². The summed E-state index contributed by atoms with van der Waals surface area (Å²) in [6, 6.07) is 18.5. The van der Waals surface area contributed by atoms with Gasteiger partial charge in [0.05, 0.1) is 24.8 Å². The number of methoxy groups -OCH3 is 2. The second-order valence-electron chi connectivity index (χ2n) is 9.25. The van der Waals surface area contributed by atoms with Crippen LogP contribution in [0.3, 0.4) is 0 Å². The molecule has 41 heavy (non-hydrogen) atoms. The Kier molecular flexibility index (Phi) is 11.4. The number of ether oxygens (including phenoxy) is 2. The van der Waals surface area contributed by atoms with Crippen LogP contribution >= 0.6 is 11.6 Å². The molecule has 0 radical (unpaired) electrons. The van der Waals surface area contributed by atoms with E-state index in [1.807, 2.05) is 13.8 Å². The Morgan fingerprint density at radius 3 is 2.07 bits per heavy atom. The van der Waals surface area contributed by atoms with E-state index in [0.29, 0.717) is 29.5 Å². The lowest BCUT2D eigenvalue weighted by molar-refractivity contribution is -0.140. The van der Waals surface area contributed by atoms with Gasteiger partial charge in [-0.25, -0.2) is 8.42 Å². The Hall–Kier alpha value is -3.76. The van der Waals surface area contributed by atoms with Crippen molar-refractivity contribution in [2.24, 2.45) is 0 Å². The molecule has 3 aromatic carbocycles. The largest absolute Gasteiger partial charge is 0.497 e. The zero-order valence-electron chi connectivity index (χ0n) is 23.7. The highest BCUT2D eigenvalue weighted by Gasteiger charge is 2.33. The summed E-state index contributed by atoms with van der Waals surface area (Å²) in [5.41, 5.74) is 0.975. The van der Waals surface area contributed by atoms with Gasteiger partial charge in [0.25, 0.3) is 10.0 Å². The maximum absolute atomic E-state index is 14.1. The summed E-state index contributed by atoms with van der Waals surface area (Å²) in [6.07, 6.45) is 1.07. The first-order chi connectivity index (χ1) is 19.6. The normalized spacial score (nSPS) is 11.8. The van der Waals surface area contributed by atoms with Crippen molar-refractivity contribution < 1.29 is 27.5 Å². The number of hydrogen-bond donors (Lipinski definition) is 1. The van der Waals surface area contributed by atoms with E-state index in [4.69, 9.17) is 21.1 Å². The van der Waals surface area contributed by atoms with Crippen LogP contribution < -0.4 is 19.1 Å². The van der Waals surface area contributed by atoms with Crippen molar-refractivity contribution in [3.8, 4) is 11.5 Å². The number of carbonyl (C=O) groups is 2. The minimum atomic E-state index is -4.22. The van der Waals surface area contributed by atoms with Crippen LogP contribution in [0.15, 0.2) is 77.7 Å². The van der Waals surface area contributed by atoms with Crippen molar-refractivity contribution in [1.82, 2.24) is 10.2 Å². The standard InChI is InChI=1S/C30H36ClN3O6S/c1-5-18-32-30(36)28(6-2)33(20-22-10-12-25(39-3)13-11-22)29(35)21-34(24-9-7-8-23(31)19-24)41(37,38)27-16-14-26(40-4)15-17-27/h7-17,19,28H,5-6,18,20-21H2,1-4H3,(H,32,36). The number of sulfonamides is 1. The molecule has 1 N–H and O–H groups in total. The average Bonchev–Trinajstić information content (AvgIpc) is 2.98. The molecule has 0 spiro atoms. The summed E-state index contributed by atoms with van der Waals surface area (Å²) in [7, 11) is -1.17. The summed E-state index contributed by atoms with van der Waals surface area (Å²) in [6.45, 7) is 3.75. The first-order valence-electron chi connectivity index (χ1n) is 13.3. The van der Waals surface area contributed by atoms with Gasteiger partial charge in [-0.1, -0.05) is 43.6 Å². The van der Waals surface area contributed by atoms with Crippen LogP contribution in [0.25, 0.3) is 0 Å². The van der Waals surface area contributed by atoms with Crippen molar-refractivity contribution in [3.05, 3.63) is 83.4 Å². The predicted octanol–water partition coefficient (Wildman–Crippen LogP) is 4.89. The van der Waals surface area contributed by atoms with Crippen LogP contribution in [-0.2, 0) is 26.2 Å². The fourth-order valence-corrected chi connectivity index (χ4v) is 5.84. The molecule has 9 nitrogen and oxygen atoms in total. The van der Waals surface area contributed by atoms with Gasteiger partial charge < -0.3 is 19.7 Å². The van der Waals surface area contributed by atoms with Gasteiger partial charge in [0.1, 0.15) is 24.1 Å². The lowest BCUT2D eigenvalue weighted by Gasteiger charge is -2.33. The van der Waals surface area contributed by atoms with E-state index in [9.17, 15) is 18.0 Å². The van der Waals surface area contributed by atoms with E-state index >= 15 is 0 Å². The number of nitrogens with one attached hydrogen (secondary N) is 1. The number of hydrogen-bond acceptors (Lipinski definition) is 6. The minimum absolute atomic E-state index is 0.0273. The Labute approximate surface area is 247 Å². The van der Waals surface area contributed by atoms with Gasteiger partial charge in [-0.2, -0.15) is 0 Å². The Morgan fingerprint density at radius 1 is 0.927 bits per heavy atom. The summed E-state index contributed by atoms with van der Waals surface area (Å²) >= 11 is 6.22. The second-order valence-corrected chi connectivity index (χ2v) is 11.6. The van der Waals surface area contributed by atoms with Crippen LogP contribution in [0, 0.1) is 0 Å². The van der Waals surface area contributed by atoms with Crippen molar-refractivity contribution in [2.45, 2.75) is 44.2 Å². The number of amides is 2. The number of rotatable bonds is 14. The lowest BCUT2D eigenvalue weighted by atomic mass is 10.1. The van der Waals surface area contributed by atoms with E-state index in [-0.39, 0.29) is 23.0 Å². The first-order valence-corrected chi connectivity index (χ1v) is 15.1. The average molecular weight is 602 g/mol. The number of nitrogens with zero attached hydrogens (tertiary/aromatic N) is 2. The molecule has 0 saturated carbocycles. The zero-order valence-corrected chi connectivity index (χ0v) is 25.2. The molecule has 1 atom stereocenters. The fourth-order valence-electron chi connectivity index (χ4n) is 4.25. The SMILES string of the molecule is CCCNC(=O)C(CC)N(Cc1ccc(OC)cc1)C(=O)CN(c1cccc(Cl)c1)S(=O)(=O)c1ccc(OC)cc1. The quantitative estimate of drug-likeness (QED) is 0.282. The van der Waals surface area contributed by atoms with Crippen LogP contribution in [0.1, 0.15) is 32.3 Å². The van der Waals surface area contributed by atoms with Crippen LogP contribution in [0.4, 0.5) is 5.69 Å². The minimum Gasteiger partial charge on any atom is -0.497 e. The maximum atomic E-state index is 14.1. The van der Waals surface area contributed by atoms with Gasteiger partial charge in [0, 0.05) is 18.1 Å². The third-order valence-corrected chi connectivity index (χ3v) is 8.49. The smallest absolute Gasteiger partial charge is 0.264 e. The molecule has 0 aliphatic carbocycles. The number of halogens is 1. The molecule has 0 aliphatic rings. The molecule has 11 heteroatoms. The Morgan fingerprint density at radius 2 is 1.54 bits per heavy atom. The third kappa shape index (κ3) is 8.14. The lowest BCUT2D eigenvalue weighted by Crippen LogP contribution is -2.52. The number of anilines is 1. The van der Waals surface area contributed by atoms with Crippen molar-refractivity contribution >= 4 is 39.1 Å². The highest BCUT2D eigenvalue weighted by Crippen LogP contribution is 2.28. The van der Waals surface area contributed by atoms with E-state index in [0.717, 1.165) is 16.3 Å². The first kappa shape index (κ1) is 31.8. The van der Waals surface area contributed by atoms with E-state index in [1.54, 1.807) is 49.6 Å². The topological polar surface area (TPSA) is 105 Å². The van der Waals surface area contributed by atoms with E-state index in [1.165, 1.54) is 42.3 Å². The van der Waals surface area contributed by atoms with Gasteiger partial charge in [-0.15, -0.1) is 0 Å². The highest BCUT2D eigenvalue weighted by molar-refractivity contribution is 7.92. The molecule has 3 rings (SSSR count). The molecule has 0 bridgehead atoms. The molecule has 3 aromatic rings. The Balaban J connectivity index is 2.04. The molecule has 0 heterocycles. The van der Waals surface area contributed by atoms with Crippen molar-refractivity contribution in [3.63, 3.8) is 0 Å². The summed E-state index contributed by atoms with van der Waals surface area (Å²) in [5.74, 6) is 0.292. The molecule has 220 valence electrons. The molecule has 0 fully saturated rings. The second kappa shape index (κ2) is 14.7. The fraction of sp³-hybridized carbons (Fsp3) is 0.333. The summed E-state index contributed by atoms with van der Waals surface area (Å²) < 4.78 is 39.3. The van der Waals surface area contributed by atoms with E-state index in [2.05, 4.69) is 5.32 Å². The monoisotopic (exact) mass is 601 g/mol. The van der Waals surface area contributed by atoms with Crippen LogP contribution in [-0.4, -0.2) is 58.5 Å². The van der Waals surface area contributed by atoms with Crippen molar-refractivity contribution in [1.29, 1.82) is 0 Å². The maximum Gasteiger partial charge on any atom is 0.264 e. The molecule has 0 saturated heterocycles. The summed E-state index contributed by atoms with van der Waals surface area (Å²) in [4.78, 5) is 28.6. The highest BCUT2D eigenvalue weighted by atomic mass is 35.5. The van der Waals surface area contributed by atoms with Gasteiger partial charge in [-0.05, 0) is 73.0 Å². The molecule has 0 aromatic heterocycles. The van der Waals surface area contributed by atoms with Gasteiger partial charge in [-0.3, -0.25) is 13.9 Å². The molecular formula is C30H36ClN3O6S. The van der Waals surface area contributed by atoms with Gasteiger partial charge in [0.15, 0.2) is 0 Å². The number of carbonyl (C=O) groups excluding carboxylic acids is 2. The van der Waals surface area contributed by atoms with Gasteiger partial charge >= 0.3 is 0 Å². The molecular weight excluding hydrogens is 566 g/mol. The molecule has 0 aliphatic heterocycles. The van der Waals surface area contributed by atoms with E-state index < -0.39 is 28.5 Å².